The molecule has 21 heavy (non-hydrogen) atoms. The Morgan fingerprint density at radius 2 is 2.29 bits per heavy atom. The molecule has 0 aromatic heterocycles. The fourth-order valence-corrected chi connectivity index (χ4v) is 3.87. The molecule has 2 rings (SSSR count). The summed E-state index contributed by atoms with van der Waals surface area (Å²) in [6.45, 7) is 2.08. The summed E-state index contributed by atoms with van der Waals surface area (Å²) in [7, 11) is -3.79. The van der Waals surface area contributed by atoms with Gasteiger partial charge in [-0.15, -0.1) is 0 Å². The van der Waals surface area contributed by atoms with E-state index in [9.17, 15) is 13.2 Å². The maximum absolute atomic E-state index is 12.4. The largest absolute Gasteiger partial charge is 0.466 e. The van der Waals surface area contributed by atoms with Gasteiger partial charge in [-0.3, -0.25) is 14.9 Å². The first kappa shape index (κ1) is 16.2. The number of carbonyl (C=O) groups excluding carboxylic acids is 1. The first-order valence-corrected chi connectivity index (χ1v) is 8.70. The smallest absolute Gasteiger partial charge is 0.313 e. The van der Waals surface area contributed by atoms with E-state index < -0.39 is 27.3 Å². The Bertz CT molecular complexity index is 623. The van der Waals surface area contributed by atoms with Crippen LogP contribution in [0.1, 0.15) is 6.92 Å². The zero-order valence-electron chi connectivity index (χ0n) is 11.3. The van der Waals surface area contributed by atoms with Crippen LogP contribution in [-0.2, 0) is 19.6 Å². The van der Waals surface area contributed by atoms with Crippen LogP contribution in [0.25, 0.3) is 0 Å². The predicted octanol–water partition coefficient (Wildman–Crippen LogP) is 0.804. The lowest BCUT2D eigenvalue weighted by Crippen LogP contribution is -2.44. The van der Waals surface area contributed by atoms with Crippen LogP contribution in [0, 0.1) is 5.92 Å². The molecule has 0 saturated carbocycles. The van der Waals surface area contributed by atoms with Crippen molar-refractivity contribution in [2.45, 2.75) is 12.3 Å². The number of carbonyl (C=O) groups is 1. The van der Waals surface area contributed by atoms with Crippen LogP contribution >= 0.6 is 15.9 Å². The average Bonchev–Trinajstić information content (AvgIpc) is 2.88. The van der Waals surface area contributed by atoms with E-state index in [4.69, 9.17) is 4.74 Å². The number of sulfonamides is 1. The number of benzene rings is 1. The van der Waals surface area contributed by atoms with Crippen molar-refractivity contribution in [1.82, 2.24) is 10.9 Å². The van der Waals surface area contributed by atoms with Gasteiger partial charge in [-0.25, -0.2) is 13.8 Å². The van der Waals surface area contributed by atoms with Gasteiger partial charge in [0.2, 0.25) is 0 Å². The van der Waals surface area contributed by atoms with Gasteiger partial charge in [0.1, 0.15) is 5.92 Å². The summed E-state index contributed by atoms with van der Waals surface area (Å²) >= 11 is 3.27. The van der Waals surface area contributed by atoms with E-state index in [1.807, 2.05) is 0 Å². The van der Waals surface area contributed by atoms with Gasteiger partial charge < -0.3 is 4.74 Å². The van der Waals surface area contributed by atoms with E-state index in [2.05, 4.69) is 31.5 Å². The van der Waals surface area contributed by atoms with Gasteiger partial charge in [-0.05, 0) is 25.1 Å². The number of rotatable bonds is 5. The van der Waals surface area contributed by atoms with Gasteiger partial charge >= 0.3 is 5.97 Å². The molecule has 9 heteroatoms. The number of hydrogen-bond acceptors (Lipinski definition) is 6. The molecule has 116 valence electrons. The Morgan fingerprint density at radius 1 is 1.52 bits per heavy atom. The third-order valence-electron chi connectivity index (χ3n) is 2.94. The minimum Gasteiger partial charge on any atom is -0.466 e. The molecule has 0 amide bonds. The van der Waals surface area contributed by atoms with Gasteiger partial charge in [-0.2, -0.15) is 0 Å². The highest BCUT2D eigenvalue weighted by Crippen LogP contribution is 2.21. The summed E-state index contributed by atoms with van der Waals surface area (Å²) in [5, 5.41) is -1.09. The first-order chi connectivity index (χ1) is 9.94. The second-order valence-corrected chi connectivity index (χ2v) is 7.18. The molecule has 1 heterocycles. The summed E-state index contributed by atoms with van der Waals surface area (Å²) in [6, 6.07) is 6.77. The second kappa shape index (κ2) is 6.73. The summed E-state index contributed by atoms with van der Waals surface area (Å²) in [5.41, 5.74) is 5.71. The third-order valence-corrected chi connectivity index (χ3v) is 5.07. The highest BCUT2D eigenvalue weighted by molar-refractivity contribution is 9.10. The van der Waals surface area contributed by atoms with Gasteiger partial charge in [0.15, 0.2) is 5.37 Å². The van der Waals surface area contributed by atoms with E-state index >= 15 is 0 Å². The van der Waals surface area contributed by atoms with Gasteiger partial charge in [0, 0.05) is 16.7 Å². The van der Waals surface area contributed by atoms with Gasteiger partial charge in [0.05, 0.1) is 6.61 Å². The van der Waals surface area contributed by atoms with Crippen molar-refractivity contribution in [2.24, 2.45) is 5.92 Å². The quantitative estimate of drug-likeness (QED) is 0.656. The molecule has 1 aliphatic heterocycles. The number of anilines is 1. The molecular weight excluding hydrogens is 362 g/mol. The van der Waals surface area contributed by atoms with Gasteiger partial charge in [-0.1, -0.05) is 22.0 Å². The van der Waals surface area contributed by atoms with E-state index in [1.54, 1.807) is 31.2 Å². The monoisotopic (exact) mass is 377 g/mol. The molecule has 1 saturated heterocycles. The molecule has 0 aliphatic carbocycles. The Hall–Kier alpha value is -1.16. The lowest BCUT2D eigenvalue weighted by molar-refractivity contribution is -0.147. The fourth-order valence-electron chi connectivity index (χ4n) is 2.01. The molecule has 2 atom stereocenters. The van der Waals surface area contributed by atoms with E-state index in [0.717, 1.165) is 4.47 Å². The third kappa shape index (κ3) is 3.94. The van der Waals surface area contributed by atoms with Crippen molar-refractivity contribution < 1.29 is 17.9 Å². The lowest BCUT2D eigenvalue weighted by Gasteiger charge is -2.18. The predicted molar refractivity (Wildman–Crippen MR) is 81.7 cm³/mol. The number of nitrogens with one attached hydrogen (secondary N) is 3. The van der Waals surface area contributed by atoms with Crippen molar-refractivity contribution in [1.29, 1.82) is 0 Å². The van der Waals surface area contributed by atoms with Crippen molar-refractivity contribution in [3.05, 3.63) is 28.7 Å². The SMILES string of the molecule is CCOC(=O)C1CNNC1S(=O)(=O)Nc1cccc(Br)c1. The highest BCUT2D eigenvalue weighted by atomic mass is 79.9. The van der Waals surface area contributed by atoms with Gasteiger partial charge in [0.25, 0.3) is 10.0 Å². The van der Waals surface area contributed by atoms with E-state index in [1.165, 1.54) is 0 Å². The summed E-state index contributed by atoms with van der Waals surface area (Å²) < 4.78 is 32.9. The molecular formula is C12H16BrN3O4S. The molecule has 0 spiro atoms. The lowest BCUT2D eigenvalue weighted by atomic mass is 10.2. The van der Waals surface area contributed by atoms with E-state index in [0.29, 0.717) is 5.69 Å². The number of hydrazine groups is 1. The minimum absolute atomic E-state index is 0.197. The molecule has 1 aliphatic rings. The van der Waals surface area contributed by atoms with Crippen LogP contribution in [0.5, 0.6) is 0 Å². The molecule has 7 nitrogen and oxygen atoms in total. The van der Waals surface area contributed by atoms with Crippen molar-refractivity contribution >= 4 is 37.6 Å². The van der Waals surface area contributed by atoms with Crippen molar-refractivity contribution in [2.75, 3.05) is 17.9 Å². The molecule has 0 bridgehead atoms. The summed E-state index contributed by atoms with van der Waals surface area (Å²) in [4.78, 5) is 11.8. The van der Waals surface area contributed by atoms with Crippen molar-refractivity contribution in [3.63, 3.8) is 0 Å². The fraction of sp³-hybridized carbons (Fsp3) is 0.417. The average molecular weight is 378 g/mol. The molecule has 1 aromatic carbocycles. The normalized spacial score (nSPS) is 22.0. The summed E-state index contributed by atoms with van der Waals surface area (Å²) in [5.74, 6) is -1.34. The Morgan fingerprint density at radius 3 is 2.95 bits per heavy atom. The maximum Gasteiger partial charge on any atom is 0.313 e. The summed E-state index contributed by atoms with van der Waals surface area (Å²) in [6.07, 6.45) is 0. The molecule has 1 aromatic rings. The molecule has 1 fully saturated rings. The van der Waals surface area contributed by atoms with Crippen molar-refractivity contribution in [3.8, 4) is 0 Å². The van der Waals surface area contributed by atoms with Crippen LogP contribution in [0.4, 0.5) is 5.69 Å². The van der Waals surface area contributed by atoms with Crippen LogP contribution in [0.15, 0.2) is 28.7 Å². The molecule has 2 unspecified atom stereocenters. The topological polar surface area (TPSA) is 96.5 Å². The number of esters is 1. The Kier molecular flexibility index (Phi) is 5.20. The Labute approximate surface area is 131 Å². The van der Waals surface area contributed by atoms with E-state index in [-0.39, 0.29) is 13.2 Å². The second-order valence-electron chi connectivity index (χ2n) is 4.46. The first-order valence-electron chi connectivity index (χ1n) is 6.36. The van der Waals surface area contributed by atoms with Crippen LogP contribution in [0.2, 0.25) is 0 Å². The van der Waals surface area contributed by atoms with Crippen LogP contribution < -0.4 is 15.6 Å². The van der Waals surface area contributed by atoms with Crippen LogP contribution in [0.3, 0.4) is 0 Å². The molecule has 3 N–H and O–H groups in total. The number of hydrogen-bond donors (Lipinski definition) is 3. The Balaban J connectivity index is 2.16. The number of ether oxygens (including phenoxy) is 1. The number of halogens is 1. The standard InChI is InChI=1S/C12H16BrN3O4S/c1-2-20-12(17)10-7-14-15-11(10)21(18,19)16-9-5-3-4-8(13)6-9/h3-6,10-11,14-16H,2,7H2,1H3. The highest BCUT2D eigenvalue weighted by Gasteiger charge is 2.42. The van der Waals surface area contributed by atoms with Crippen LogP contribution in [-0.4, -0.2) is 32.9 Å². The minimum atomic E-state index is -3.79. The molecule has 0 radical (unpaired) electrons. The zero-order chi connectivity index (χ0) is 15.5. The zero-order valence-corrected chi connectivity index (χ0v) is 13.7. The maximum atomic E-state index is 12.4.